The molecular formula is C25H30N8O3S2. The fourth-order valence-electron chi connectivity index (χ4n) is 4.74. The number of ether oxygens (including phenoxy) is 2. The average molecular weight is 555 g/mol. The molecule has 0 bridgehead atoms. The van der Waals surface area contributed by atoms with Crippen molar-refractivity contribution in [3.63, 3.8) is 0 Å². The zero-order chi connectivity index (χ0) is 25.9. The molecule has 3 aromatic heterocycles. The van der Waals surface area contributed by atoms with E-state index < -0.39 is 0 Å². The van der Waals surface area contributed by atoms with Crippen molar-refractivity contribution < 1.29 is 14.3 Å². The molecule has 2 aliphatic rings. The third kappa shape index (κ3) is 5.85. The molecule has 1 aliphatic carbocycles. The van der Waals surface area contributed by atoms with Crippen LogP contribution in [0.2, 0.25) is 0 Å². The van der Waals surface area contributed by atoms with Crippen molar-refractivity contribution in [2.24, 2.45) is 5.92 Å². The topological polar surface area (TPSA) is 119 Å². The van der Waals surface area contributed by atoms with Crippen LogP contribution < -0.4 is 15.4 Å². The minimum absolute atomic E-state index is 0.205. The van der Waals surface area contributed by atoms with Crippen LogP contribution in [-0.2, 0) is 4.74 Å². The molecule has 200 valence electrons. The van der Waals surface area contributed by atoms with Crippen LogP contribution in [0.15, 0.2) is 40.4 Å². The lowest BCUT2D eigenvalue weighted by Crippen LogP contribution is -2.42. The Labute approximate surface area is 228 Å². The highest BCUT2D eigenvalue weighted by Crippen LogP contribution is 2.33. The van der Waals surface area contributed by atoms with Crippen molar-refractivity contribution in [3.05, 3.63) is 30.3 Å². The highest BCUT2D eigenvalue weighted by atomic mass is 32.2. The minimum atomic E-state index is -0.252. The number of carbonyl (C=O) groups excluding carboxylic acids is 1. The molecule has 0 spiro atoms. The molecule has 38 heavy (non-hydrogen) atoms. The van der Waals surface area contributed by atoms with Crippen molar-refractivity contribution in [1.82, 2.24) is 35.0 Å². The third-order valence-corrected chi connectivity index (χ3v) is 8.73. The zero-order valence-electron chi connectivity index (χ0n) is 21.1. The molecule has 6 rings (SSSR count). The Morgan fingerprint density at radius 3 is 2.95 bits per heavy atom. The summed E-state index contributed by atoms with van der Waals surface area (Å²) in [6.45, 7) is 6.90. The largest absolute Gasteiger partial charge is 0.473 e. The second-order valence-corrected chi connectivity index (χ2v) is 11.6. The lowest BCUT2D eigenvalue weighted by Gasteiger charge is -2.26. The van der Waals surface area contributed by atoms with Crippen molar-refractivity contribution >= 4 is 50.1 Å². The first-order chi connectivity index (χ1) is 18.6. The number of nitrogens with one attached hydrogen (secondary N) is 2. The SMILES string of the molecule is C[C@@H]1CCC[C@H]1Oc1ccc2nnc(Sc3ccc4nc(NC(=O)NCCN5CCOCC5)sc4c3)n2n1. The van der Waals surface area contributed by atoms with Crippen LogP contribution in [0.5, 0.6) is 5.88 Å². The van der Waals surface area contributed by atoms with E-state index in [1.54, 1.807) is 4.52 Å². The van der Waals surface area contributed by atoms with Gasteiger partial charge < -0.3 is 14.8 Å². The molecule has 2 amide bonds. The van der Waals surface area contributed by atoms with Crippen LogP contribution in [0.3, 0.4) is 0 Å². The number of rotatable bonds is 8. The zero-order valence-corrected chi connectivity index (χ0v) is 22.8. The lowest BCUT2D eigenvalue weighted by molar-refractivity contribution is 0.0388. The normalized spacial score (nSPS) is 20.2. The summed E-state index contributed by atoms with van der Waals surface area (Å²) in [5, 5.41) is 20.2. The highest BCUT2D eigenvalue weighted by Gasteiger charge is 2.25. The number of anilines is 1. The lowest BCUT2D eigenvalue weighted by atomic mass is 10.1. The predicted molar refractivity (Wildman–Crippen MR) is 146 cm³/mol. The number of nitrogens with zero attached hydrogens (tertiary/aromatic N) is 6. The molecule has 0 radical (unpaired) electrons. The summed E-state index contributed by atoms with van der Waals surface area (Å²) in [7, 11) is 0. The fraction of sp³-hybridized carbons (Fsp3) is 0.480. The van der Waals surface area contributed by atoms with Crippen molar-refractivity contribution in [3.8, 4) is 5.88 Å². The van der Waals surface area contributed by atoms with Gasteiger partial charge in [-0.1, -0.05) is 18.3 Å². The molecule has 11 nitrogen and oxygen atoms in total. The van der Waals surface area contributed by atoms with Gasteiger partial charge in [0.15, 0.2) is 10.8 Å². The summed E-state index contributed by atoms with van der Waals surface area (Å²) in [6.07, 6.45) is 3.65. The van der Waals surface area contributed by atoms with E-state index in [1.165, 1.54) is 35.9 Å². The van der Waals surface area contributed by atoms with Crippen molar-refractivity contribution in [2.75, 3.05) is 44.7 Å². The van der Waals surface area contributed by atoms with Crippen molar-refractivity contribution in [1.29, 1.82) is 0 Å². The molecular weight excluding hydrogens is 524 g/mol. The number of fused-ring (bicyclic) bond motifs is 2. The Hall–Kier alpha value is -3.00. The standard InChI is InChI=1S/C25H30N8O3S2/c1-16-3-2-4-19(16)36-22-8-7-21-29-30-25(33(21)31-22)37-17-5-6-18-20(15-17)38-24(27-18)28-23(34)26-9-10-32-11-13-35-14-12-32/h5-8,15-16,19H,2-4,9-14H2,1H3,(H2,26,27,28,34)/t16-,19-/m1/s1. The summed E-state index contributed by atoms with van der Waals surface area (Å²) >= 11 is 2.91. The summed E-state index contributed by atoms with van der Waals surface area (Å²) in [5.41, 5.74) is 1.50. The number of hydrogen-bond acceptors (Lipinski definition) is 10. The Morgan fingerprint density at radius 2 is 2.11 bits per heavy atom. The van der Waals surface area contributed by atoms with E-state index in [0.717, 1.165) is 54.4 Å². The summed E-state index contributed by atoms with van der Waals surface area (Å²) in [6, 6.07) is 9.47. The van der Waals surface area contributed by atoms with Gasteiger partial charge in [0, 0.05) is 37.1 Å². The van der Waals surface area contributed by atoms with Crippen LogP contribution in [-0.4, -0.2) is 81.2 Å². The summed E-state index contributed by atoms with van der Waals surface area (Å²) in [4.78, 5) is 20.2. The predicted octanol–water partition coefficient (Wildman–Crippen LogP) is 3.91. The van der Waals surface area contributed by atoms with E-state index in [2.05, 4.69) is 42.7 Å². The maximum atomic E-state index is 12.4. The fourth-order valence-corrected chi connectivity index (χ4v) is 6.54. The van der Waals surface area contributed by atoms with E-state index in [-0.39, 0.29) is 12.1 Å². The van der Waals surface area contributed by atoms with Crippen LogP contribution in [0, 0.1) is 5.92 Å². The van der Waals surface area contributed by atoms with Gasteiger partial charge in [0.25, 0.3) is 0 Å². The Bertz CT molecular complexity index is 1420. The van der Waals surface area contributed by atoms with Crippen LogP contribution in [0.25, 0.3) is 15.9 Å². The number of amides is 2. The monoisotopic (exact) mass is 554 g/mol. The number of carbonyl (C=O) groups is 1. The molecule has 0 unspecified atom stereocenters. The van der Waals surface area contributed by atoms with Crippen LogP contribution in [0.1, 0.15) is 26.2 Å². The molecule has 2 atom stereocenters. The summed E-state index contributed by atoms with van der Waals surface area (Å²) in [5.74, 6) is 1.13. The maximum Gasteiger partial charge on any atom is 0.321 e. The number of morpholine rings is 1. The number of aromatic nitrogens is 5. The van der Waals surface area contributed by atoms with Gasteiger partial charge in [-0.2, -0.15) is 4.52 Å². The Balaban J connectivity index is 1.09. The number of benzene rings is 1. The molecule has 1 aliphatic heterocycles. The van der Waals surface area contributed by atoms with Gasteiger partial charge in [0.1, 0.15) is 6.10 Å². The van der Waals surface area contributed by atoms with Gasteiger partial charge in [-0.25, -0.2) is 9.78 Å². The van der Waals surface area contributed by atoms with E-state index in [4.69, 9.17) is 9.47 Å². The van der Waals surface area contributed by atoms with Crippen molar-refractivity contribution in [2.45, 2.75) is 42.3 Å². The summed E-state index contributed by atoms with van der Waals surface area (Å²) < 4.78 is 14.2. The van der Waals surface area contributed by atoms with Gasteiger partial charge in [-0.05, 0) is 61.2 Å². The second kappa shape index (κ2) is 11.4. The van der Waals surface area contributed by atoms with Gasteiger partial charge in [-0.3, -0.25) is 10.2 Å². The molecule has 1 saturated carbocycles. The minimum Gasteiger partial charge on any atom is -0.473 e. The first kappa shape index (κ1) is 25.3. The molecule has 1 saturated heterocycles. The quantitative estimate of drug-likeness (QED) is 0.334. The molecule has 4 heterocycles. The van der Waals surface area contributed by atoms with Gasteiger partial charge in [-0.15, -0.1) is 15.3 Å². The molecule has 13 heteroatoms. The van der Waals surface area contributed by atoms with E-state index >= 15 is 0 Å². The molecule has 1 aromatic carbocycles. The maximum absolute atomic E-state index is 12.4. The molecule has 4 aromatic rings. The Kier molecular flexibility index (Phi) is 7.58. The van der Waals surface area contributed by atoms with Gasteiger partial charge in [0.05, 0.1) is 23.4 Å². The number of urea groups is 1. The smallest absolute Gasteiger partial charge is 0.321 e. The highest BCUT2D eigenvalue weighted by molar-refractivity contribution is 7.99. The number of hydrogen-bond donors (Lipinski definition) is 2. The van der Waals surface area contributed by atoms with Crippen LogP contribution >= 0.6 is 23.1 Å². The average Bonchev–Trinajstić information content (AvgIpc) is 3.63. The van der Waals surface area contributed by atoms with E-state index in [0.29, 0.717) is 34.3 Å². The van der Waals surface area contributed by atoms with Crippen LogP contribution in [0.4, 0.5) is 9.93 Å². The molecule has 2 N–H and O–H groups in total. The first-order valence-electron chi connectivity index (χ1n) is 12.9. The van der Waals surface area contributed by atoms with E-state index in [9.17, 15) is 4.79 Å². The van der Waals surface area contributed by atoms with E-state index in [1.807, 2.05) is 30.3 Å². The Morgan fingerprint density at radius 1 is 1.21 bits per heavy atom. The van der Waals surface area contributed by atoms with Gasteiger partial charge >= 0.3 is 6.03 Å². The third-order valence-electron chi connectivity index (χ3n) is 6.87. The molecule has 2 fully saturated rings. The second-order valence-electron chi connectivity index (χ2n) is 9.57. The van der Waals surface area contributed by atoms with Gasteiger partial charge in [0.2, 0.25) is 11.0 Å². The number of thiazole rings is 1. The first-order valence-corrected chi connectivity index (χ1v) is 14.6.